The van der Waals surface area contributed by atoms with Gasteiger partial charge in [0, 0.05) is 32.3 Å². The number of aromatic nitrogens is 3. The number of aliphatic imine (C=N–C) groups is 1. The molecular formula is C15H22N6O. The van der Waals surface area contributed by atoms with Gasteiger partial charge >= 0.3 is 0 Å². The zero-order valence-electron chi connectivity index (χ0n) is 13.0. The van der Waals surface area contributed by atoms with E-state index in [4.69, 9.17) is 4.52 Å². The number of hydrogen-bond donors (Lipinski definition) is 2. The summed E-state index contributed by atoms with van der Waals surface area (Å²) >= 11 is 0. The Bertz CT molecular complexity index is 581. The van der Waals surface area contributed by atoms with Gasteiger partial charge in [-0.2, -0.15) is 4.98 Å². The minimum Gasteiger partial charge on any atom is -0.357 e. The van der Waals surface area contributed by atoms with Crippen molar-refractivity contribution in [2.24, 2.45) is 4.99 Å². The third-order valence-electron chi connectivity index (χ3n) is 2.83. The van der Waals surface area contributed by atoms with Gasteiger partial charge in [-0.25, -0.2) is 0 Å². The Morgan fingerprint density at radius 2 is 2.18 bits per heavy atom. The number of hydrogen-bond acceptors (Lipinski definition) is 5. The molecule has 7 heteroatoms. The van der Waals surface area contributed by atoms with E-state index in [1.807, 2.05) is 25.1 Å². The second-order valence-electron chi connectivity index (χ2n) is 4.67. The van der Waals surface area contributed by atoms with Crippen LogP contribution in [0.3, 0.4) is 0 Å². The molecule has 0 aliphatic heterocycles. The molecular weight excluding hydrogens is 280 g/mol. The lowest BCUT2D eigenvalue weighted by Gasteiger charge is -2.09. The van der Waals surface area contributed by atoms with E-state index in [0.717, 1.165) is 25.5 Å². The van der Waals surface area contributed by atoms with Crippen molar-refractivity contribution >= 4 is 5.96 Å². The van der Waals surface area contributed by atoms with Crippen molar-refractivity contribution in [3.05, 3.63) is 30.2 Å². The maximum atomic E-state index is 5.22. The molecule has 0 spiro atoms. The Morgan fingerprint density at radius 3 is 2.91 bits per heavy atom. The van der Waals surface area contributed by atoms with E-state index >= 15 is 0 Å². The number of nitrogens with one attached hydrogen (secondary N) is 2. The predicted octanol–water partition coefficient (Wildman–Crippen LogP) is 1.64. The van der Waals surface area contributed by atoms with E-state index in [1.165, 1.54) is 0 Å². The second kappa shape index (κ2) is 8.76. The van der Waals surface area contributed by atoms with Gasteiger partial charge in [-0.1, -0.05) is 18.1 Å². The minimum atomic E-state index is 0.446. The van der Waals surface area contributed by atoms with Crippen LogP contribution in [-0.4, -0.2) is 40.7 Å². The molecule has 2 aromatic heterocycles. The average molecular weight is 302 g/mol. The van der Waals surface area contributed by atoms with E-state index in [2.05, 4.69) is 37.7 Å². The summed E-state index contributed by atoms with van der Waals surface area (Å²) < 4.78 is 5.22. The van der Waals surface area contributed by atoms with Gasteiger partial charge in [0.2, 0.25) is 0 Å². The lowest BCUT2D eigenvalue weighted by atomic mass is 10.3. The molecule has 7 nitrogen and oxygen atoms in total. The fourth-order valence-electron chi connectivity index (χ4n) is 1.81. The van der Waals surface area contributed by atoms with Crippen molar-refractivity contribution in [2.75, 3.05) is 19.6 Å². The second-order valence-corrected chi connectivity index (χ2v) is 4.67. The van der Waals surface area contributed by atoms with Crippen LogP contribution in [0.25, 0.3) is 11.6 Å². The van der Waals surface area contributed by atoms with Crippen molar-refractivity contribution in [2.45, 2.75) is 26.7 Å². The minimum absolute atomic E-state index is 0.446. The van der Waals surface area contributed by atoms with E-state index in [-0.39, 0.29) is 0 Å². The van der Waals surface area contributed by atoms with E-state index in [0.29, 0.717) is 30.4 Å². The van der Waals surface area contributed by atoms with Crippen LogP contribution in [0.5, 0.6) is 0 Å². The molecule has 0 aromatic carbocycles. The SMILES string of the molecule is CCCN=C(NCC)NCCc1noc(-c2ccccn2)n1. The molecule has 0 fully saturated rings. The molecule has 2 rings (SSSR count). The van der Waals surface area contributed by atoms with E-state index < -0.39 is 0 Å². The van der Waals surface area contributed by atoms with Crippen molar-refractivity contribution in [1.29, 1.82) is 0 Å². The van der Waals surface area contributed by atoms with Gasteiger partial charge in [0.15, 0.2) is 11.8 Å². The highest BCUT2D eigenvalue weighted by Gasteiger charge is 2.09. The molecule has 0 aliphatic rings. The Labute approximate surface area is 130 Å². The van der Waals surface area contributed by atoms with Crippen LogP contribution in [0, 0.1) is 0 Å². The Morgan fingerprint density at radius 1 is 1.27 bits per heavy atom. The molecule has 22 heavy (non-hydrogen) atoms. The van der Waals surface area contributed by atoms with Crippen LogP contribution in [0.4, 0.5) is 0 Å². The molecule has 0 unspecified atom stereocenters. The lowest BCUT2D eigenvalue weighted by Crippen LogP contribution is -2.38. The molecule has 0 aliphatic carbocycles. The first kappa shape index (κ1) is 15.9. The molecule has 2 aromatic rings. The maximum Gasteiger partial charge on any atom is 0.276 e. The monoisotopic (exact) mass is 302 g/mol. The third-order valence-corrected chi connectivity index (χ3v) is 2.83. The normalized spacial score (nSPS) is 11.5. The van der Waals surface area contributed by atoms with Gasteiger partial charge in [0.25, 0.3) is 5.89 Å². The standard InChI is InChI=1S/C15H22N6O/c1-3-9-18-15(16-4-2)19-11-8-13-20-14(22-21-13)12-7-5-6-10-17-12/h5-7,10H,3-4,8-9,11H2,1-2H3,(H2,16,18,19). The van der Waals surface area contributed by atoms with Crippen molar-refractivity contribution in [3.8, 4) is 11.6 Å². The highest BCUT2D eigenvalue weighted by Crippen LogP contribution is 2.12. The largest absolute Gasteiger partial charge is 0.357 e. The van der Waals surface area contributed by atoms with Gasteiger partial charge in [0.05, 0.1) is 0 Å². The summed E-state index contributed by atoms with van der Waals surface area (Å²) in [6, 6.07) is 5.58. The summed E-state index contributed by atoms with van der Waals surface area (Å²) in [5.74, 6) is 1.92. The summed E-state index contributed by atoms with van der Waals surface area (Å²) in [5, 5.41) is 10.4. The quantitative estimate of drug-likeness (QED) is 0.597. The highest BCUT2D eigenvalue weighted by molar-refractivity contribution is 5.79. The Balaban J connectivity index is 1.86. The predicted molar refractivity (Wildman–Crippen MR) is 85.5 cm³/mol. The van der Waals surface area contributed by atoms with Crippen LogP contribution in [0.2, 0.25) is 0 Å². The number of nitrogens with zero attached hydrogens (tertiary/aromatic N) is 4. The lowest BCUT2D eigenvalue weighted by molar-refractivity contribution is 0.421. The molecule has 0 saturated heterocycles. The maximum absolute atomic E-state index is 5.22. The summed E-state index contributed by atoms with van der Waals surface area (Å²) in [7, 11) is 0. The number of rotatable bonds is 7. The van der Waals surface area contributed by atoms with Crippen LogP contribution in [0.1, 0.15) is 26.1 Å². The van der Waals surface area contributed by atoms with Crippen molar-refractivity contribution in [3.63, 3.8) is 0 Å². The van der Waals surface area contributed by atoms with Gasteiger partial charge < -0.3 is 15.2 Å². The Kier molecular flexibility index (Phi) is 6.35. The van der Waals surface area contributed by atoms with Gasteiger partial charge in [0.1, 0.15) is 5.69 Å². The van der Waals surface area contributed by atoms with Crippen molar-refractivity contribution < 1.29 is 4.52 Å². The van der Waals surface area contributed by atoms with Gasteiger partial charge in [-0.15, -0.1) is 0 Å². The fraction of sp³-hybridized carbons (Fsp3) is 0.467. The summed E-state index contributed by atoms with van der Waals surface area (Å²) in [4.78, 5) is 13.0. The topological polar surface area (TPSA) is 88.2 Å². The summed E-state index contributed by atoms with van der Waals surface area (Å²) in [6.45, 7) is 6.48. The fourth-order valence-corrected chi connectivity index (χ4v) is 1.81. The van der Waals surface area contributed by atoms with Crippen LogP contribution >= 0.6 is 0 Å². The molecule has 0 saturated carbocycles. The van der Waals surface area contributed by atoms with Crippen LogP contribution < -0.4 is 10.6 Å². The molecule has 0 radical (unpaired) electrons. The van der Waals surface area contributed by atoms with E-state index in [1.54, 1.807) is 6.20 Å². The number of guanidine groups is 1. The molecule has 2 heterocycles. The first-order valence-corrected chi connectivity index (χ1v) is 7.59. The van der Waals surface area contributed by atoms with E-state index in [9.17, 15) is 0 Å². The van der Waals surface area contributed by atoms with Crippen LogP contribution in [0.15, 0.2) is 33.9 Å². The average Bonchev–Trinajstić information content (AvgIpc) is 3.02. The zero-order chi connectivity index (χ0) is 15.6. The van der Waals surface area contributed by atoms with Gasteiger partial charge in [-0.05, 0) is 25.5 Å². The Hall–Kier alpha value is -2.44. The number of pyridine rings is 1. The molecule has 2 N–H and O–H groups in total. The van der Waals surface area contributed by atoms with Crippen LogP contribution in [-0.2, 0) is 6.42 Å². The smallest absolute Gasteiger partial charge is 0.276 e. The third kappa shape index (κ3) is 4.83. The molecule has 0 bridgehead atoms. The van der Waals surface area contributed by atoms with Crippen molar-refractivity contribution in [1.82, 2.24) is 25.8 Å². The molecule has 0 amide bonds. The zero-order valence-corrected chi connectivity index (χ0v) is 13.0. The van der Waals surface area contributed by atoms with Gasteiger partial charge in [-0.3, -0.25) is 9.98 Å². The molecule has 118 valence electrons. The first-order valence-electron chi connectivity index (χ1n) is 7.59. The summed E-state index contributed by atoms with van der Waals surface area (Å²) in [5.41, 5.74) is 0.687. The summed E-state index contributed by atoms with van der Waals surface area (Å²) in [6.07, 6.45) is 3.38. The highest BCUT2D eigenvalue weighted by atomic mass is 16.5. The molecule has 0 atom stereocenters. The first-order chi connectivity index (χ1) is 10.8.